The SMILES string of the molecule is COc1ccc(C)c(CNC(=O)/C=C(\C=N)C2CC2)c1C. The summed E-state index contributed by atoms with van der Waals surface area (Å²) in [5.74, 6) is 1.11. The number of benzene rings is 1. The molecule has 0 radical (unpaired) electrons. The van der Waals surface area contributed by atoms with E-state index in [4.69, 9.17) is 10.1 Å². The highest BCUT2D eigenvalue weighted by Gasteiger charge is 2.25. The Balaban J connectivity index is 2.06. The highest BCUT2D eigenvalue weighted by atomic mass is 16.5. The topological polar surface area (TPSA) is 62.2 Å². The van der Waals surface area contributed by atoms with E-state index in [0.717, 1.165) is 40.9 Å². The van der Waals surface area contributed by atoms with Crippen molar-refractivity contribution in [3.63, 3.8) is 0 Å². The average molecular weight is 286 g/mol. The molecule has 0 aromatic heterocycles. The Hall–Kier alpha value is -2.10. The highest BCUT2D eigenvalue weighted by molar-refractivity contribution is 5.94. The summed E-state index contributed by atoms with van der Waals surface area (Å²) in [6.07, 6.45) is 5.01. The molecule has 1 aromatic rings. The second-order valence-electron chi connectivity index (χ2n) is 5.47. The molecule has 0 heterocycles. The smallest absolute Gasteiger partial charge is 0.244 e. The fourth-order valence-corrected chi connectivity index (χ4v) is 2.44. The molecule has 0 atom stereocenters. The summed E-state index contributed by atoms with van der Waals surface area (Å²) < 4.78 is 5.31. The van der Waals surface area contributed by atoms with Gasteiger partial charge in [0.15, 0.2) is 0 Å². The number of hydrogen-bond acceptors (Lipinski definition) is 3. The molecule has 4 heteroatoms. The van der Waals surface area contributed by atoms with Gasteiger partial charge in [0.25, 0.3) is 0 Å². The van der Waals surface area contributed by atoms with Crippen molar-refractivity contribution in [3.8, 4) is 5.75 Å². The summed E-state index contributed by atoms with van der Waals surface area (Å²) in [6, 6.07) is 3.94. The number of methoxy groups -OCH3 is 1. The predicted molar refractivity (Wildman–Crippen MR) is 83.9 cm³/mol. The van der Waals surface area contributed by atoms with Gasteiger partial charge in [0.05, 0.1) is 7.11 Å². The third-order valence-electron chi connectivity index (χ3n) is 3.96. The van der Waals surface area contributed by atoms with E-state index >= 15 is 0 Å². The van der Waals surface area contributed by atoms with Crippen LogP contribution < -0.4 is 10.1 Å². The van der Waals surface area contributed by atoms with Crippen molar-refractivity contribution in [3.05, 3.63) is 40.5 Å². The van der Waals surface area contributed by atoms with Gasteiger partial charge in [0.1, 0.15) is 5.75 Å². The van der Waals surface area contributed by atoms with Gasteiger partial charge in [-0.25, -0.2) is 0 Å². The molecule has 4 nitrogen and oxygen atoms in total. The van der Waals surface area contributed by atoms with Gasteiger partial charge in [0, 0.05) is 18.8 Å². The van der Waals surface area contributed by atoms with E-state index in [-0.39, 0.29) is 5.91 Å². The van der Waals surface area contributed by atoms with Crippen molar-refractivity contribution in [2.75, 3.05) is 7.11 Å². The molecule has 0 aliphatic heterocycles. The Morgan fingerprint density at radius 1 is 1.43 bits per heavy atom. The van der Waals surface area contributed by atoms with Crippen LogP contribution >= 0.6 is 0 Å². The van der Waals surface area contributed by atoms with Gasteiger partial charge in [-0.1, -0.05) is 6.07 Å². The van der Waals surface area contributed by atoms with Crippen molar-refractivity contribution >= 4 is 12.1 Å². The van der Waals surface area contributed by atoms with E-state index in [1.807, 2.05) is 26.0 Å². The van der Waals surface area contributed by atoms with E-state index in [1.54, 1.807) is 13.2 Å². The molecule has 0 saturated heterocycles. The Bertz CT molecular complexity index is 587. The first-order valence-electron chi connectivity index (χ1n) is 7.19. The Kier molecular flexibility index (Phi) is 4.78. The lowest BCUT2D eigenvalue weighted by molar-refractivity contribution is -0.116. The van der Waals surface area contributed by atoms with Crippen LogP contribution in [0.2, 0.25) is 0 Å². The van der Waals surface area contributed by atoms with E-state index in [2.05, 4.69) is 5.32 Å². The van der Waals surface area contributed by atoms with Crippen LogP contribution in [-0.4, -0.2) is 19.2 Å². The number of rotatable bonds is 6. The average Bonchev–Trinajstić information content (AvgIpc) is 3.29. The predicted octanol–water partition coefficient (Wildman–Crippen LogP) is 2.91. The molecule has 112 valence electrons. The zero-order valence-corrected chi connectivity index (χ0v) is 12.8. The molecule has 0 unspecified atom stereocenters. The third-order valence-corrected chi connectivity index (χ3v) is 3.96. The molecule has 1 aliphatic rings. The number of amides is 1. The van der Waals surface area contributed by atoms with Crippen LogP contribution in [0.1, 0.15) is 29.5 Å². The summed E-state index contributed by atoms with van der Waals surface area (Å²) in [5.41, 5.74) is 4.09. The van der Waals surface area contributed by atoms with Gasteiger partial charge >= 0.3 is 0 Å². The molecular weight excluding hydrogens is 264 g/mol. The molecule has 1 saturated carbocycles. The summed E-state index contributed by atoms with van der Waals surface area (Å²) in [4.78, 5) is 12.0. The molecule has 0 bridgehead atoms. The molecule has 1 fully saturated rings. The number of ether oxygens (including phenoxy) is 1. The van der Waals surface area contributed by atoms with Crippen molar-refractivity contribution in [2.45, 2.75) is 33.2 Å². The van der Waals surface area contributed by atoms with Crippen LogP contribution in [0.3, 0.4) is 0 Å². The molecule has 2 N–H and O–H groups in total. The number of aryl methyl sites for hydroxylation is 1. The van der Waals surface area contributed by atoms with E-state index in [1.165, 1.54) is 6.21 Å². The highest BCUT2D eigenvalue weighted by Crippen LogP contribution is 2.35. The number of hydrogen-bond donors (Lipinski definition) is 2. The molecule has 2 rings (SSSR count). The maximum atomic E-state index is 12.0. The summed E-state index contributed by atoms with van der Waals surface area (Å²) in [7, 11) is 1.65. The van der Waals surface area contributed by atoms with Crippen molar-refractivity contribution in [2.24, 2.45) is 5.92 Å². The number of allylic oxidation sites excluding steroid dienone is 1. The minimum absolute atomic E-state index is 0.137. The summed E-state index contributed by atoms with van der Waals surface area (Å²) >= 11 is 0. The van der Waals surface area contributed by atoms with Crippen LogP contribution in [0, 0.1) is 25.2 Å². The first-order valence-corrected chi connectivity index (χ1v) is 7.19. The second kappa shape index (κ2) is 6.57. The largest absolute Gasteiger partial charge is 0.496 e. The number of carbonyl (C=O) groups is 1. The Morgan fingerprint density at radius 2 is 2.14 bits per heavy atom. The molecule has 1 amide bonds. The fourth-order valence-electron chi connectivity index (χ4n) is 2.44. The first kappa shape index (κ1) is 15.3. The maximum Gasteiger partial charge on any atom is 0.244 e. The quantitative estimate of drug-likeness (QED) is 0.624. The standard InChI is InChI=1S/C17H22N2O2/c1-11-4-7-16(21-3)12(2)15(11)10-19-17(20)8-14(9-18)13-5-6-13/h4,7-9,13,18H,5-6,10H2,1-3H3,(H,19,20)/b14-8+,18-9?. The lowest BCUT2D eigenvalue weighted by Gasteiger charge is -2.14. The zero-order chi connectivity index (χ0) is 15.4. The lowest BCUT2D eigenvalue weighted by atomic mass is 10.0. The van der Waals surface area contributed by atoms with Crippen LogP contribution in [-0.2, 0) is 11.3 Å². The van der Waals surface area contributed by atoms with E-state index in [9.17, 15) is 4.79 Å². The van der Waals surface area contributed by atoms with Gasteiger partial charge in [-0.05, 0) is 60.9 Å². The normalized spacial score (nSPS) is 14.7. The minimum atomic E-state index is -0.137. The second-order valence-corrected chi connectivity index (χ2v) is 5.47. The molecule has 0 spiro atoms. The van der Waals surface area contributed by atoms with E-state index in [0.29, 0.717) is 12.5 Å². The number of carbonyl (C=O) groups excluding carboxylic acids is 1. The minimum Gasteiger partial charge on any atom is -0.496 e. The number of nitrogens with one attached hydrogen (secondary N) is 2. The van der Waals surface area contributed by atoms with Crippen LogP contribution in [0.4, 0.5) is 0 Å². The van der Waals surface area contributed by atoms with Gasteiger partial charge in [-0.2, -0.15) is 0 Å². The van der Waals surface area contributed by atoms with Crippen LogP contribution in [0.15, 0.2) is 23.8 Å². The third kappa shape index (κ3) is 3.72. The lowest BCUT2D eigenvalue weighted by Crippen LogP contribution is -2.22. The van der Waals surface area contributed by atoms with Gasteiger partial charge in [-0.3, -0.25) is 4.79 Å². The van der Waals surface area contributed by atoms with Gasteiger partial charge in [0.2, 0.25) is 5.91 Å². The fraction of sp³-hybridized carbons (Fsp3) is 0.412. The van der Waals surface area contributed by atoms with Gasteiger partial charge in [-0.15, -0.1) is 0 Å². The zero-order valence-electron chi connectivity index (χ0n) is 12.8. The molecule has 1 aromatic carbocycles. The molecule has 21 heavy (non-hydrogen) atoms. The van der Waals surface area contributed by atoms with Crippen molar-refractivity contribution < 1.29 is 9.53 Å². The first-order chi connectivity index (χ1) is 10.1. The van der Waals surface area contributed by atoms with Gasteiger partial charge < -0.3 is 15.5 Å². The van der Waals surface area contributed by atoms with Crippen molar-refractivity contribution in [1.29, 1.82) is 5.41 Å². The monoisotopic (exact) mass is 286 g/mol. The Morgan fingerprint density at radius 3 is 2.71 bits per heavy atom. The summed E-state index contributed by atoms with van der Waals surface area (Å²) in [5, 5.41) is 10.3. The summed E-state index contributed by atoms with van der Waals surface area (Å²) in [6.45, 7) is 4.49. The molecule has 1 aliphatic carbocycles. The Labute approximate surface area is 125 Å². The van der Waals surface area contributed by atoms with Crippen LogP contribution in [0.25, 0.3) is 0 Å². The maximum absolute atomic E-state index is 12.0. The van der Waals surface area contributed by atoms with E-state index < -0.39 is 0 Å². The van der Waals surface area contributed by atoms with Crippen molar-refractivity contribution in [1.82, 2.24) is 5.32 Å². The molecular formula is C17H22N2O2. The van der Waals surface area contributed by atoms with Crippen LogP contribution in [0.5, 0.6) is 5.75 Å².